The van der Waals surface area contributed by atoms with Gasteiger partial charge in [-0.2, -0.15) is 0 Å². The van der Waals surface area contributed by atoms with E-state index in [9.17, 15) is 4.79 Å². The van der Waals surface area contributed by atoms with E-state index >= 15 is 0 Å². The van der Waals surface area contributed by atoms with Crippen LogP contribution >= 0.6 is 23.4 Å². The number of carbonyl (C=O) groups is 1. The number of hydrogen-bond donors (Lipinski definition) is 0. The Kier molecular flexibility index (Phi) is 2.94. The fraction of sp³-hybridized carbons (Fsp3) is 0.364. The van der Waals surface area contributed by atoms with Gasteiger partial charge in [0.15, 0.2) is 0 Å². The summed E-state index contributed by atoms with van der Waals surface area (Å²) in [6.07, 6.45) is 1.79. The van der Waals surface area contributed by atoms with Crippen molar-refractivity contribution in [2.45, 2.75) is 22.5 Å². The molecule has 0 atom stereocenters. The van der Waals surface area contributed by atoms with Gasteiger partial charge in [0.1, 0.15) is 4.75 Å². The molecule has 4 heteroatoms. The van der Waals surface area contributed by atoms with Gasteiger partial charge in [0.25, 0.3) is 0 Å². The van der Waals surface area contributed by atoms with Gasteiger partial charge in [-0.15, -0.1) is 11.8 Å². The first-order valence-corrected chi connectivity index (χ1v) is 5.89. The van der Waals surface area contributed by atoms with Crippen LogP contribution in [0.15, 0.2) is 29.2 Å². The van der Waals surface area contributed by atoms with E-state index in [1.165, 1.54) is 7.11 Å². The Morgan fingerprint density at radius 3 is 2.47 bits per heavy atom. The monoisotopic (exact) mass is 242 g/mol. The highest BCUT2D eigenvalue weighted by molar-refractivity contribution is 8.01. The zero-order chi connectivity index (χ0) is 10.9. The smallest absolute Gasteiger partial charge is 0.322 e. The van der Waals surface area contributed by atoms with Crippen molar-refractivity contribution in [2.75, 3.05) is 7.11 Å². The van der Waals surface area contributed by atoms with Gasteiger partial charge in [0.2, 0.25) is 0 Å². The minimum absolute atomic E-state index is 0.123. The Hall–Kier alpha value is -0.670. The van der Waals surface area contributed by atoms with E-state index in [0.29, 0.717) is 5.02 Å². The molecule has 1 aromatic carbocycles. The summed E-state index contributed by atoms with van der Waals surface area (Å²) in [4.78, 5) is 12.6. The third-order valence-corrected chi connectivity index (χ3v) is 4.11. The first-order chi connectivity index (χ1) is 7.16. The zero-order valence-electron chi connectivity index (χ0n) is 8.33. The second kappa shape index (κ2) is 4.06. The van der Waals surface area contributed by atoms with Crippen LogP contribution in [-0.2, 0) is 9.53 Å². The van der Waals surface area contributed by atoms with E-state index in [4.69, 9.17) is 16.3 Å². The number of halogens is 1. The van der Waals surface area contributed by atoms with E-state index in [2.05, 4.69) is 0 Å². The molecule has 0 amide bonds. The van der Waals surface area contributed by atoms with Crippen LogP contribution in [0.1, 0.15) is 12.8 Å². The number of methoxy groups -OCH3 is 1. The molecular weight excluding hydrogens is 232 g/mol. The molecule has 0 N–H and O–H groups in total. The highest BCUT2D eigenvalue weighted by Crippen LogP contribution is 2.52. The molecule has 0 unspecified atom stereocenters. The van der Waals surface area contributed by atoms with Crippen molar-refractivity contribution in [3.8, 4) is 0 Å². The maximum atomic E-state index is 11.5. The second-order valence-electron chi connectivity index (χ2n) is 3.54. The lowest BCUT2D eigenvalue weighted by molar-refractivity contribution is -0.140. The van der Waals surface area contributed by atoms with Gasteiger partial charge in [-0.05, 0) is 37.1 Å². The standard InChI is InChI=1S/C11H11ClO2S/c1-14-10(13)11(6-7-11)15-9-4-2-8(12)3-5-9/h2-5H,6-7H2,1H3. The normalized spacial score (nSPS) is 17.2. The maximum Gasteiger partial charge on any atom is 0.322 e. The molecule has 1 fully saturated rings. The van der Waals surface area contributed by atoms with Gasteiger partial charge in [-0.3, -0.25) is 4.79 Å². The Labute approximate surface area is 98.0 Å². The summed E-state index contributed by atoms with van der Waals surface area (Å²) >= 11 is 7.35. The quantitative estimate of drug-likeness (QED) is 0.762. The SMILES string of the molecule is COC(=O)C1(Sc2ccc(Cl)cc2)CC1. The molecule has 0 aliphatic heterocycles. The molecule has 0 spiro atoms. The van der Waals surface area contributed by atoms with Crippen molar-refractivity contribution in [3.63, 3.8) is 0 Å². The van der Waals surface area contributed by atoms with Gasteiger partial charge in [-0.25, -0.2) is 0 Å². The van der Waals surface area contributed by atoms with Crippen molar-refractivity contribution in [1.82, 2.24) is 0 Å². The molecule has 1 aliphatic carbocycles. The summed E-state index contributed by atoms with van der Waals surface area (Å²) in [6.45, 7) is 0. The highest BCUT2D eigenvalue weighted by atomic mass is 35.5. The third-order valence-electron chi connectivity index (χ3n) is 2.39. The van der Waals surface area contributed by atoms with Gasteiger partial charge >= 0.3 is 5.97 Å². The molecule has 15 heavy (non-hydrogen) atoms. The summed E-state index contributed by atoms with van der Waals surface area (Å²) < 4.78 is 4.46. The van der Waals surface area contributed by atoms with Crippen LogP contribution < -0.4 is 0 Å². The first-order valence-electron chi connectivity index (χ1n) is 4.69. The topological polar surface area (TPSA) is 26.3 Å². The molecule has 2 rings (SSSR count). The molecule has 80 valence electrons. The number of hydrogen-bond acceptors (Lipinski definition) is 3. The molecule has 0 heterocycles. The predicted molar refractivity (Wildman–Crippen MR) is 61.3 cm³/mol. The lowest BCUT2D eigenvalue weighted by Gasteiger charge is -2.11. The average Bonchev–Trinajstić information content (AvgIpc) is 3.01. The predicted octanol–water partition coefficient (Wildman–Crippen LogP) is 3.14. The van der Waals surface area contributed by atoms with Crippen LogP contribution in [0.5, 0.6) is 0 Å². The minimum atomic E-state index is -0.331. The minimum Gasteiger partial charge on any atom is -0.468 e. The first kappa shape index (κ1) is 10.8. The number of rotatable bonds is 3. The van der Waals surface area contributed by atoms with E-state index < -0.39 is 0 Å². The van der Waals surface area contributed by atoms with E-state index in [0.717, 1.165) is 17.7 Å². The molecule has 0 aromatic heterocycles. The largest absolute Gasteiger partial charge is 0.468 e. The summed E-state index contributed by atoms with van der Waals surface area (Å²) in [7, 11) is 1.44. The number of ether oxygens (including phenoxy) is 1. The van der Waals surface area contributed by atoms with Crippen molar-refractivity contribution < 1.29 is 9.53 Å². The molecule has 1 aromatic rings. The number of carbonyl (C=O) groups excluding carboxylic acids is 1. The van der Waals surface area contributed by atoms with Crippen molar-refractivity contribution in [1.29, 1.82) is 0 Å². The molecule has 1 saturated carbocycles. The Balaban J connectivity index is 2.09. The number of esters is 1. The summed E-state index contributed by atoms with van der Waals surface area (Å²) in [6, 6.07) is 7.51. The highest BCUT2D eigenvalue weighted by Gasteiger charge is 2.52. The van der Waals surface area contributed by atoms with Gasteiger partial charge in [0, 0.05) is 9.92 Å². The molecular formula is C11H11ClO2S. The molecule has 0 bridgehead atoms. The maximum absolute atomic E-state index is 11.5. The number of thioether (sulfide) groups is 1. The van der Waals surface area contributed by atoms with Crippen LogP contribution in [0, 0.1) is 0 Å². The Bertz CT molecular complexity index is 371. The fourth-order valence-corrected chi connectivity index (χ4v) is 2.70. The van der Waals surface area contributed by atoms with Crippen LogP contribution in [0.3, 0.4) is 0 Å². The summed E-state index contributed by atoms with van der Waals surface area (Å²) in [5.41, 5.74) is 0. The lowest BCUT2D eigenvalue weighted by Crippen LogP contribution is -2.19. The fourth-order valence-electron chi connectivity index (χ4n) is 1.38. The second-order valence-corrected chi connectivity index (χ2v) is 5.44. The van der Waals surface area contributed by atoms with Crippen LogP contribution in [-0.4, -0.2) is 17.8 Å². The third kappa shape index (κ3) is 2.29. The van der Waals surface area contributed by atoms with E-state index in [1.807, 2.05) is 24.3 Å². The van der Waals surface area contributed by atoms with Gasteiger partial charge in [-0.1, -0.05) is 11.6 Å². The van der Waals surface area contributed by atoms with Gasteiger partial charge < -0.3 is 4.74 Å². The van der Waals surface area contributed by atoms with Crippen molar-refractivity contribution >= 4 is 29.3 Å². The Morgan fingerprint density at radius 2 is 2.00 bits per heavy atom. The van der Waals surface area contributed by atoms with E-state index in [1.54, 1.807) is 11.8 Å². The average molecular weight is 243 g/mol. The van der Waals surface area contributed by atoms with Crippen LogP contribution in [0.25, 0.3) is 0 Å². The molecule has 0 saturated heterocycles. The summed E-state index contributed by atoms with van der Waals surface area (Å²) in [5, 5.41) is 0.710. The van der Waals surface area contributed by atoms with Crippen molar-refractivity contribution in [3.05, 3.63) is 29.3 Å². The molecule has 0 radical (unpaired) electrons. The summed E-state index contributed by atoms with van der Waals surface area (Å²) in [5.74, 6) is -0.123. The lowest BCUT2D eigenvalue weighted by atomic mass is 10.4. The van der Waals surface area contributed by atoms with E-state index in [-0.39, 0.29) is 10.7 Å². The van der Waals surface area contributed by atoms with Gasteiger partial charge in [0.05, 0.1) is 7.11 Å². The molecule has 1 aliphatic rings. The number of benzene rings is 1. The molecule has 2 nitrogen and oxygen atoms in total. The zero-order valence-corrected chi connectivity index (χ0v) is 9.90. The Morgan fingerprint density at radius 1 is 1.40 bits per heavy atom. The van der Waals surface area contributed by atoms with Crippen LogP contribution in [0.2, 0.25) is 5.02 Å². The van der Waals surface area contributed by atoms with Crippen molar-refractivity contribution in [2.24, 2.45) is 0 Å². The van der Waals surface area contributed by atoms with Crippen LogP contribution in [0.4, 0.5) is 0 Å².